The summed E-state index contributed by atoms with van der Waals surface area (Å²) in [5.41, 5.74) is 3.68. The summed E-state index contributed by atoms with van der Waals surface area (Å²) in [5.74, 6) is -1.30. The van der Waals surface area contributed by atoms with Crippen molar-refractivity contribution in [2.24, 2.45) is 20.4 Å². The number of hydrogen-bond acceptors (Lipinski definition) is 13. The predicted octanol–water partition coefficient (Wildman–Crippen LogP) is 2.89. The Kier molecular flexibility index (Phi) is 10.7. The van der Waals surface area contributed by atoms with Crippen LogP contribution in [0, 0.1) is 30.3 Å². The molecular formula is C22H18ClN9O9. The first-order valence-corrected chi connectivity index (χ1v) is 10.7. The number of rotatable bonds is 9. The summed E-state index contributed by atoms with van der Waals surface area (Å²) in [6, 6.07) is 9.69. The minimum atomic E-state index is -0.676. The zero-order chi connectivity index (χ0) is 29.2. The van der Waals surface area contributed by atoms with Gasteiger partial charge in [0.2, 0.25) is 0 Å². The number of guanidine groups is 1. The molecule has 3 aromatic rings. The first-order chi connectivity index (χ1) is 19.0. The van der Waals surface area contributed by atoms with Gasteiger partial charge in [0.25, 0.3) is 23.0 Å². The molecular weight excluding hydrogens is 570 g/mol. The van der Waals surface area contributed by atoms with Crippen molar-refractivity contribution in [2.75, 3.05) is 0 Å². The third-order valence-electron chi connectivity index (χ3n) is 4.77. The Hall–Kier alpha value is -6.17. The number of nitro groups is 3. The Morgan fingerprint density at radius 3 is 1.32 bits per heavy atom. The van der Waals surface area contributed by atoms with Crippen LogP contribution in [-0.4, -0.2) is 54.7 Å². The quantitative estimate of drug-likeness (QED) is 0.105. The molecule has 0 saturated carbocycles. The number of hydrazone groups is 2. The molecule has 19 heteroatoms. The molecule has 0 aliphatic rings. The zero-order valence-corrected chi connectivity index (χ0v) is 21.1. The number of phenols is 3. The molecule has 0 aliphatic carbocycles. The SMILES string of the molecule is Cl.O=[N+]([O-])c1ccc(O)c(C=NN=C(NN=Cc2cc([N+](=O)[O-])ccc2O)NN=Cc2cc([N+](=O)[O-])ccc2O)c1. The molecule has 0 aromatic heterocycles. The molecule has 0 bridgehead atoms. The van der Waals surface area contributed by atoms with Gasteiger partial charge >= 0.3 is 0 Å². The number of hydrogen-bond donors (Lipinski definition) is 5. The molecule has 0 heterocycles. The topological polar surface area (TPSA) is 264 Å². The summed E-state index contributed by atoms with van der Waals surface area (Å²) in [6.45, 7) is 0. The second-order valence-electron chi connectivity index (χ2n) is 7.43. The minimum absolute atomic E-state index is 0. The predicted molar refractivity (Wildman–Crippen MR) is 148 cm³/mol. The van der Waals surface area contributed by atoms with Crippen molar-refractivity contribution in [1.82, 2.24) is 10.9 Å². The second-order valence-corrected chi connectivity index (χ2v) is 7.43. The second kappa shape index (κ2) is 14.1. The van der Waals surface area contributed by atoms with Crippen LogP contribution in [0.1, 0.15) is 16.7 Å². The highest BCUT2D eigenvalue weighted by atomic mass is 35.5. The van der Waals surface area contributed by atoms with Crippen LogP contribution in [0.2, 0.25) is 0 Å². The number of nitrogens with one attached hydrogen (secondary N) is 2. The highest BCUT2D eigenvalue weighted by Gasteiger charge is 2.11. The Balaban J connectivity index is 0.00000588. The molecule has 0 spiro atoms. The van der Waals surface area contributed by atoms with E-state index >= 15 is 0 Å². The summed E-state index contributed by atoms with van der Waals surface area (Å²) in [5, 5.41) is 77.7. The van der Waals surface area contributed by atoms with E-state index in [0.29, 0.717) is 0 Å². The average Bonchev–Trinajstić information content (AvgIpc) is 2.91. The summed E-state index contributed by atoms with van der Waals surface area (Å²) >= 11 is 0. The van der Waals surface area contributed by atoms with E-state index in [-0.39, 0.29) is 69.4 Å². The average molecular weight is 588 g/mol. The lowest BCUT2D eigenvalue weighted by Crippen LogP contribution is -2.30. The van der Waals surface area contributed by atoms with Gasteiger partial charge in [-0.1, -0.05) is 0 Å². The zero-order valence-electron chi connectivity index (χ0n) is 20.3. The van der Waals surface area contributed by atoms with Crippen LogP contribution >= 0.6 is 12.4 Å². The third kappa shape index (κ3) is 8.68. The van der Waals surface area contributed by atoms with E-state index in [2.05, 4.69) is 31.3 Å². The number of benzene rings is 3. The first kappa shape index (κ1) is 31.1. The number of nitrogens with zero attached hydrogens (tertiary/aromatic N) is 7. The Bertz CT molecular complexity index is 1520. The molecule has 0 amide bonds. The lowest BCUT2D eigenvalue weighted by Gasteiger charge is -2.04. The molecule has 0 unspecified atom stereocenters. The van der Waals surface area contributed by atoms with E-state index in [1.165, 1.54) is 0 Å². The summed E-state index contributed by atoms with van der Waals surface area (Å²) < 4.78 is 0. The van der Waals surface area contributed by atoms with Gasteiger partial charge in [0.1, 0.15) is 17.2 Å². The molecule has 0 atom stereocenters. The number of phenolic OH excluding ortho intramolecular Hbond substituents is 3. The summed E-state index contributed by atoms with van der Waals surface area (Å²) in [4.78, 5) is 30.9. The summed E-state index contributed by atoms with van der Waals surface area (Å²) in [7, 11) is 0. The Labute approximate surface area is 234 Å². The molecule has 212 valence electrons. The maximum atomic E-state index is 11.0. The van der Waals surface area contributed by atoms with E-state index in [1.807, 2.05) is 0 Å². The van der Waals surface area contributed by atoms with Gasteiger partial charge in [-0.2, -0.15) is 15.3 Å². The summed E-state index contributed by atoms with van der Waals surface area (Å²) in [6.07, 6.45) is 3.02. The Morgan fingerprint density at radius 1 is 0.634 bits per heavy atom. The van der Waals surface area contributed by atoms with Crippen molar-refractivity contribution in [3.63, 3.8) is 0 Å². The van der Waals surface area contributed by atoms with E-state index in [4.69, 9.17) is 0 Å². The maximum absolute atomic E-state index is 11.0. The highest BCUT2D eigenvalue weighted by molar-refractivity contribution is 5.89. The van der Waals surface area contributed by atoms with Crippen molar-refractivity contribution in [3.8, 4) is 17.2 Å². The van der Waals surface area contributed by atoms with E-state index in [1.54, 1.807) is 0 Å². The van der Waals surface area contributed by atoms with Gasteiger partial charge in [0.05, 0.1) is 33.4 Å². The Morgan fingerprint density at radius 2 is 0.976 bits per heavy atom. The van der Waals surface area contributed by atoms with Gasteiger partial charge in [-0.05, 0) is 18.2 Å². The van der Waals surface area contributed by atoms with E-state index in [0.717, 1.165) is 73.2 Å². The fraction of sp³-hybridized carbons (Fsp3) is 0. The van der Waals surface area contributed by atoms with Crippen LogP contribution in [0.3, 0.4) is 0 Å². The number of aromatic hydroxyl groups is 3. The van der Waals surface area contributed by atoms with Crippen molar-refractivity contribution >= 4 is 54.1 Å². The van der Waals surface area contributed by atoms with Crippen molar-refractivity contribution < 1.29 is 30.1 Å². The van der Waals surface area contributed by atoms with Crippen LogP contribution in [0.25, 0.3) is 0 Å². The van der Waals surface area contributed by atoms with Gasteiger partial charge < -0.3 is 15.3 Å². The molecule has 0 aliphatic heterocycles. The molecule has 5 N–H and O–H groups in total. The molecule has 3 aromatic carbocycles. The number of nitro benzene ring substituents is 3. The van der Waals surface area contributed by atoms with Crippen LogP contribution in [0.5, 0.6) is 17.2 Å². The maximum Gasteiger partial charge on any atom is 0.270 e. The number of halogens is 1. The fourth-order valence-corrected chi connectivity index (χ4v) is 2.82. The molecule has 18 nitrogen and oxygen atoms in total. The monoisotopic (exact) mass is 587 g/mol. The standard InChI is InChI=1S/C22H17N9O9.ClH/c32-19-4-1-16(29(35)36)7-13(19)10-23-26-22(27-24-11-14-8-17(30(37)38)2-5-20(14)33)28-25-12-15-9-18(31(39)40)3-6-21(15)34;/h1-12,32-34H,(H2,26,27,28);1H. The number of non-ortho nitro benzene ring substituents is 3. The van der Waals surface area contributed by atoms with Gasteiger partial charge in [-0.15, -0.1) is 17.5 Å². The molecule has 0 fully saturated rings. The third-order valence-corrected chi connectivity index (χ3v) is 4.77. The molecule has 0 saturated heterocycles. The van der Waals surface area contributed by atoms with Crippen molar-refractivity contribution in [3.05, 3.63) is 102 Å². The molecule has 3 rings (SSSR count). The lowest BCUT2D eigenvalue weighted by atomic mass is 10.2. The van der Waals surface area contributed by atoms with E-state index < -0.39 is 14.8 Å². The fourth-order valence-electron chi connectivity index (χ4n) is 2.82. The normalized spacial score (nSPS) is 10.8. The molecule has 41 heavy (non-hydrogen) atoms. The largest absolute Gasteiger partial charge is 0.507 e. The van der Waals surface area contributed by atoms with Crippen LogP contribution in [0.4, 0.5) is 17.1 Å². The van der Waals surface area contributed by atoms with Gasteiger partial charge in [0.15, 0.2) is 0 Å². The van der Waals surface area contributed by atoms with Crippen LogP contribution < -0.4 is 10.9 Å². The lowest BCUT2D eigenvalue weighted by molar-refractivity contribution is -0.385. The van der Waals surface area contributed by atoms with Crippen LogP contribution in [-0.2, 0) is 0 Å². The van der Waals surface area contributed by atoms with Crippen molar-refractivity contribution in [2.45, 2.75) is 0 Å². The van der Waals surface area contributed by atoms with E-state index in [9.17, 15) is 45.7 Å². The van der Waals surface area contributed by atoms with Crippen LogP contribution in [0.15, 0.2) is 75.0 Å². The molecule has 0 radical (unpaired) electrons. The van der Waals surface area contributed by atoms with Gasteiger partial charge in [0, 0.05) is 53.1 Å². The van der Waals surface area contributed by atoms with Gasteiger partial charge in [-0.25, -0.2) is 10.9 Å². The highest BCUT2D eigenvalue weighted by Crippen LogP contribution is 2.23. The van der Waals surface area contributed by atoms with Crippen molar-refractivity contribution in [1.29, 1.82) is 0 Å². The minimum Gasteiger partial charge on any atom is -0.507 e. The van der Waals surface area contributed by atoms with Gasteiger partial charge in [-0.3, -0.25) is 30.3 Å². The first-order valence-electron chi connectivity index (χ1n) is 10.7. The smallest absolute Gasteiger partial charge is 0.270 e.